The monoisotopic (exact) mass is 390 g/mol. The summed E-state index contributed by atoms with van der Waals surface area (Å²) in [5, 5.41) is 8.03. The lowest BCUT2D eigenvalue weighted by Gasteiger charge is -2.38. The molecule has 0 bridgehead atoms. The van der Waals surface area contributed by atoms with Gasteiger partial charge >= 0.3 is 0 Å². The Morgan fingerprint density at radius 2 is 2.04 bits per heavy atom. The fourth-order valence-electron chi connectivity index (χ4n) is 3.30. The SMILES string of the molecule is CN=C(NCCCc1nc(C)no1)N1CCN(c2cc(Cl)ccc2C)CC1. The summed E-state index contributed by atoms with van der Waals surface area (Å²) in [5.41, 5.74) is 2.48. The van der Waals surface area contributed by atoms with Crippen LogP contribution in [0.3, 0.4) is 0 Å². The van der Waals surface area contributed by atoms with Crippen molar-refractivity contribution in [2.45, 2.75) is 26.7 Å². The normalized spacial score (nSPS) is 15.3. The summed E-state index contributed by atoms with van der Waals surface area (Å²) in [6.07, 6.45) is 1.69. The van der Waals surface area contributed by atoms with Crippen LogP contribution in [0.1, 0.15) is 23.7 Å². The lowest BCUT2D eigenvalue weighted by Crippen LogP contribution is -2.52. The van der Waals surface area contributed by atoms with Gasteiger partial charge in [0.2, 0.25) is 5.89 Å². The summed E-state index contributed by atoms with van der Waals surface area (Å²) < 4.78 is 5.14. The molecule has 0 spiro atoms. The molecule has 2 heterocycles. The number of nitrogens with zero attached hydrogens (tertiary/aromatic N) is 5. The Hall–Kier alpha value is -2.28. The molecule has 1 aromatic heterocycles. The van der Waals surface area contributed by atoms with E-state index < -0.39 is 0 Å². The summed E-state index contributed by atoms with van der Waals surface area (Å²) in [6, 6.07) is 6.08. The first-order valence-electron chi connectivity index (χ1n) is 9.32. The van der Waals surface area contributed by atoms with Gasteiger partial charge in [0.05, 0.1) is 0 Å². The Labute approximate surface area is 165 Å². The smallest absolute Gasteiger partial charge is 0.226 e. The largest absolute Gasteiger partial charge is 0.368 e. The van der Waals surface area contributed by atoms with Crippen LogP contribution in [0, 0.1) is 13.8 Å². The van der Waals surface area contributed by atoms with Crippen molar-refractivity contribution in [1.29, 1.82) is 0 Å². The summed E-state index contributed by atoms with van der Waals surface area (Å²) in [4.78, 5) is 13.3. The van der Waals surface area contributed by atoms with E-state index in [2.05, 4.69) is 49.3 Å². The number of halogens is 1. The van der Waals surface area contributed by atoms with E-state index in [-0.39, 0.29) is 0 Å². The third-order valence-electron chi connectivity index (χ3n) is 4.72. The zero-order valence-electron chi connectivity index (χ0n) is 16.2. The highest BCUT2D eigenvalue weighted by Gasteiger charge is 2.20. The maximum Gasteiger partial charge on any atom is 0.226 e. The Morgan fingerprint density at radius 1 is 1.26 bits per heavy atom. The van der Waals surface area contributed by atoms with Crippen LogP contribution in [0.2, 0.25) is 5.02 Å². The number of benzene rings is 1. The number of hydrogen-bond donors (Lipinski definition) is 1. The summed E-state index contributed by atoms with van der Waals surface area (Å²) in [5.74, 6) is 2.32. The molecule has 1 fully saturated rings. The highest BCUT2D eigenvalue weighted by molar-refractivity contribution is 6.30. The molecule has 7 nitrogen and oxygen atoms in total. The molecule has 1 aromatic carbocycles. The second kappa shape index (κ2) is 9.08. The number of piperazine rings is 1. The van der Waals surface area contributed by atoms with Crippen molar-refractivity contribution in [3.8, 4) is 0 Å². The van der Waals surface area contributed by atoms with E-state index in [1.54, 1.807) is 0 Å². The average molecular weight is 391 g/mol. The van der Waals surface area contributed by atoms with Crippen molar-refractivity contribution in [2.24, 2.45) is 4.99 Å². The first-order chi connectivity index (χ1) is 13.1. The van der Waals surface area contributed by atoms with Gasteiger partial charge in [0.1, 0.15) is 0 Å². The van der Waals surface area contributed by atoms with Crippen molar-refractivity contribution in [3.05, 3.63) is 40.5 Å². The summed E-state index contributed by atoms with van der Waals surface area (Å²) >= 11 is 6.17. The van der Waals surface area contributed by atoms with Gasteiger partial charge in [-0.3, -0.25) is 4.99 Å². The molecule has 146 valence electrons. The maximum atomic E-state index is 6.17. The number of aryl methyl sites for hydroxylation is 3. The van der Waals surface area contributed by atoms with Crippen molar-refractivity contribution >= 4 is 23.2 Å². The molecule has 0 radical (unpaired) electrons. The van der Waals surface area contributed by atoms with Gasteiger partial charge in [-0.05, 0) is 38.0 Å². The lowest BCUT2D eigenvalue weighted by molar-refractivity contribution is 0.365. The van der Waals surface area contributed by atoms with Crippen LogP contribution >= 0.6 is 11.6 Å². The molecule has 8 heteroatoms. The van der Waals surface area contributed by atoms with Gasteiger partial charge in [0.15, 0.2) is 11.8 Å². The molecule has 0 aliphatic carbocycles. The molecule has 1 saturated heterocycles. The molecular weight excluding hydrogens is 364 g/mol. The average Bonchev–Trinajstić information content (AvgIpc) is 3.09. The molecule has 1 N–H and O–H groups in total. The molecule has 0 unspecified atom stereocenters. The van der Waals surface area contributed by atoms with Crippen LogP contribution in [0.15, 0.2) is 27.7 Å². The topological polar surface area (TPSA) is 69.8 Å². The first kappa shape index (κ1) is 19.5. The molecule has 2 aromatic rings. The Morgan fingerprint density at radius 3 is 2.70 bits per heavy atom. The van der Waals surface area contributed by atoms with Gasteiger partial charge in [-0.2, -0.15) is 4.98 Å². The number of hydrogen-bond acceptors (Lipinski definition) is 5. The number of guanidine groups is 1. The fourth-order valence-corrected chi connectivity index (χ4v) is 3.46. The number of anilines is 1. The van der Waals surface area contributed by atoms with Crippen LogP contribution in [-0.4, -0.2) is 60.8 Å². The van der Waals surface area contributed by atoms with Crippen molar-refractivity contribution in [3.63, 3.8) is 0 Å². The van der Waals surface area contributed by atoms with Crippen LogP contribution in [0.5, 0.6) is 0 Å². The van der Waals surface area contributed by atoms with Gasteiger partial charge in [0, 0.05) is 56.9 Å². The second-order valence-corrected chi connectivity index (χ2v) is 7.15. The minimum Gasteiger partial charge on any atom is -0.368 e. The third-order valence-corrected chi connectivity index (χ3v) is 4.96. The predicted octanol–water partition coefficient (Wildman–Crippen LogP) is 2.67. The van der Waals surface area contributed by atoms with E-state index in [9.17, 15) is 0 Å². The minimum atomic E-state index is 0.682. The highest BCUT2D eigenvalue weighted by atomic mass is 35.5. The van der Waals surface area contributed by atoms with E-state index in [4.69, 9.17) is 16.1 Å². The molecule has 0 saturated carbocycles. The molecular formula is C19H27ClN6O. The number of nitrogens with one attached hydrogen (secondary N) is 1. The highest BCUT2D eigenvalue weighted by Crippen LogP contribution is 2.25. The van der Waals surface area contributed by atoms with E-state index in [0.717, 1.165) is 56.5 Å². The standard InChI is InChI=1S/C19H27ClN6O/c1-14-6-7-16(20)13-17(14)25-9-11-26(12-10-25)19(21-3)22-8-4-5-18-23-15(2)24-27-18/h6-7,13H,4-5,8-12H2,1-3H3,(H,21,22). The molecule has 1 aliphatic heterocycles. The number of rotatable bonds is 5. The first-order valence-corrected chi connectivity index (χ1v) is 9.70. The molecule has 27 heavy (non-hydrogen) atoms. The van der Waals surface area contributed by atoms with E-state index in [0.29, 0.717) is 11.7 Å². The zero-order chi connectivity index (χ0) is 19.2. The van der Waals surface area contributed by atoms with Crippen molar-refractivity contribution < 1.29 is 4.52 Å². The summed E-state index contributed by atoms with van der Waals surface area (Å²) in [6.45, 7) is 8.53. The molecule has 1 aliphatic rings. The maximum absolute atomic E-state index is 6.17. The van der Waals surface area contributed by atoms with Crippen molar-refractivity contribution in [1.82, 2.24) is 20.4 Å². The van der Waals surface area contributed by atoms with Crippen LogP contribution in [-0.2, 0) is 6.42 Å². The van der Waals surface area contributed by atoms with E-state index in [1.807, 2.05) is 20.0 Å². The fraction of sp³-hybridized carbons (Fsp3) is 0.526. The number of aliphatic imine (C=N–C) groups is 1. The zero-order valence-corrected chi connectivity index (χ0v) is 17.0. The Kier molecular flexibility index (Phi) is 6.55. The second-order valence-electron chi connectivity index (χ2n) is 6.72. The molecule has 0 atom stereocenters. The van der Waals surface area contributed by atoms with Crippen LogP contribution in [0.25, 0.3) is 0 Å². The Bertz CT molecular complexity index is 782. The van der Waals surface area contributed by atoms with Gasteiger partial charge in [-0.15, -0.1) is 0 Å². The molecule has 3 rings (SSSR count). The van der Waals surface area contributed by atoms with E-state index >= 15 is 0 Å². The lowest BCUT2D eigenvalue weighted by atomic mass is 10.1. The minimum absolute atomic E-state index is 0.682. The molecule has 0 amide bonds. The Balaban J connectivity index is 1.46. The predicted molar refractivity (Wildman–Crippen MR) is 109 cm³/mol. The van der Waals surface area contributed by atoms with Gasteiger partial charge in [-0.1, -0.05) is 22.8 Å². The van der Waals surface area contributed by atoms with Crippen LogP contribution in [0.4, 0.5) is 5.69 Å². The van der Waals surface area contributed by atoms with Gasteiger partial charge < -0.3 is 19.6 Å². The van der Waals surface area contributed by atoms with Crippen LogP contribution < -0.4 is 10.2 Å². The van der Waals surface area contributed by atoms with Gasteiger partial charge in [-0.25, -0.2) is 0 Å². The number of aromatic nitrogens is 2. The van der Waals surface area contributed by atoms with Crippen molar-refractivity contribution in [2.75, 3.05) is 44.7 Å². The van der Waals surface area contributed by atoms with Gasteiger partial charge in [0.25, 0.3) is 0 Å². The third kappa shape index (κ3) is 5.13. The quantitative estimate of drug-likeness (QED) is 0.481. The van der Waals surface area contributed by atoms with E-state index in [1.165, 1.54) is 11.3 Å². The summed E-state index contributed by atoms with van der Waals surface area (Å²) in [7, 11) is 1.83.